The van der Waals surface area contributed by atoms with Crippen molar-refractivity contribution in [3.63, 3.8) is 0 Å². The Balaban J connectivity index is 2.00. The highest BCUT2D eigenvalue weighted by molar-refractivity contribution is 6.30. The van der Waals surface area contributed by atoms with Crippen LogP contribution < -0.4 is 5.32 Å². The van der Waals surface area contributed by atoms with Gasteiger partial charge in [-0.1, -0.05) is 41.9 Å². The Morgan fingerprint density at radius 2 is 1.67 bits per heavy atom. The van der Waals surface area contributed by atoms with Crippen molar-refractivity contribution in [1.82, 2.24) is 5.32 Å². The molecule has 0 unspecified atom stereocenters. The van der Waals surface area contributed by atoms with Gasteiger partial charge >= 0.3 is 0 Å². The van der Waals surface area contributed by atoms with Crippen molar-refractivity contribution in [2.24, 2.45) is 4.99 Å². The van der Waals surface area contributed by atoms with Crippen molar-refractivity contribution in [2.75, 3.05) is 13.1 Å². The topological polar surface area (TPSA) is 24.4 Å². The average Bonchev–Trinajstić information content (AvgIpc) is 2.93. The van der Waals surface area contributed by atoms with E-state index in [1.165, 1.54) is 0 Å². The quantitative estimate of drug-likeness (QED) is 0.876. The Kier molecular flexibility index (Phi) is 3.03. The molecule has 2 aromatic rings. The van der Waals surface area contributed by atoms with Gasteiger partial charge in [0.15, 0.2) is 0 Å². The van der Waals surface area contributed by atoms with E-state index in [0.717, 1.165) is 40.6 Å². The van der Waals surface area contributed by atoms with Crippen molar-refractivity contribution in [3.8, 4) is 11.1 Å². The first kappa shape index (κ1) is 11.3. The minimum atomic E-state index is 0.759. The van der Waals surface area contributed by atoms with E-state index in [4.69, 9.17) is 11.6 Å². The minimum absolute atomic E-state index is 0.759. The average molecular weight is 257 g/mol. The molecule has 2 nitrogen and oxygen atoms in total. The molecule has 0 fully saturated rings. The Morgan fingerprint density at radius 1 is 0.944 bits per heavy atom. The lowest BCUT2D eigenvalue weighted by atomic mass is 10.0. The molecule has 0 saturated heterocycles. The van der Waals surface area contributed by atoms with E-state index in [9.17, 15) is 0 Å². The molecule has 0 spiro atoms. The van der Waals surface area contributed by atoms with Crippen LogP contribution in [-0.2, 0) is 0 Å². The third-order valence-corrected chi connectivity index (χ3v) is 3.20. The van der Waals surface area contributed by atoms with Crippen LogP contribution in [0.15, 0.2) is 53.5 Å². The second-order valence-electron chi connectivity index (χ2n) is 4.25. The standard InChI is InChI=1S/C15H13ClN2/c16-14-6-2-4-12(10-14)11-3-1-5-13(9-11)15-17-7-8-18-15/h1-6,9-10H,7-8H2,(H,17,18). The number of benzene rings is 2. The van der Waals surface area contributed by atoms with Crippen LogP contribution in [0, 0.1) is 0 Å². The summed E-state index contributed by atoms with van der Waals surface area (Å²) < 4.78 is 0. The van der Waals surface area contributed by atoms with Gasteiger partial charge in [-0.2, -0.15) is 0 Å². The first-order chi connectivity index (χ1) is 8.83. The van der Waals surface area contributed by atoms with Crippen LogP contribution in [0.5, 0.6) is 0 Å². The number of nitrogens with zero attached hydrogens (tertiary/aromatic N) is 1. The fourth-order valence-electron chi connectivity index (χ4n) is 2.11. The van der Waals surface area contributed by atoms with Crippen molar-refractivity contribution in [1.29, 1.82) is 0 Å². The van der Waals surface area contributed by atoms with Crippen LogP contribution in [-0.4, -0.2) is 18.9 Å². The van der Waals surface area contributed by atoms with Gasteiger partial charge in [-0.25, -0.2) is 0 Å². The molecule has 0 aliphatic carbocycles. The Bertz CT molecular complexity index is 605. The zero-order chi connectivity index (χ0) is 12.4. The largest absolute Gasteiger partial charge is 0.368 e. The zero-order valence-corrected chi connectivity index (χ0v) is 10.6. The summed E-state index contributed by atoms with van der Waals surface area (Å²) in [5.74, 6) is 0.985. The van der Waals surface area contributed by atoms with Gasteiger partial charge in [0, 0.05) is 17.1 Å². The monoisotopic (exact) mass is 256 g/mol. The van der Waals surface area contributed by atoms with Crippen molar-refractivity contribution in [2.45, 2.75) is 0 Å². The van der Waals surface area contributed by atoms with Crippen LogP contribution in [0.1, 0.15) is 5.56 Å². The summed E-state index contributed by atoms with van der Waals surface area (Å²) in [5.41, 5.74) is 3.42. The predicted molar refractivity (Wildman–Crippen MR) is 76.3 cm³/mol. The highest BCUT2D eigenvalue weighted by atomic mass is 35.5. The second-order valence-corrected chi connectivity index (χ2v) is 4.68. The highest BCUT2D eigenvalue weighted by Crippen LogP contribution is 2.23. The van der Waals surface area contributed by atoms with Crippen LogP contribution in [0.3, 0.4) is 0 Å². The number of amidine groups is 1. The predicted octanol–water partition coefficient (Wildman–Crippen LogP) is 3.36. The molecule has 3 heteroatoms. The maximum absolute atomic E-state index is 6.03. The molecule has 1 N–H and O–H groups in total. The normalized spacial score (nSPS) is 14.2. The maximum atomic E-state index is 6.03. The minimum Gasteiger partial charge on any atom is -0.368 e. The summed E-state index contributed by atoms with van der Waals surface area (Å²) in [6.07, 6.45) is 0. The van der Waals surface area contributed by atoms with Crippen LogP contribution >= 0.6 is 11.6 Å². The summed E-state index contributed by atoms with van der Waals surface area (Å²) in [5, 5.41) is 4.05. The lowest BCUT2D eigenvalue weighted by Crippen LogP contribution is -2.19. The summed E-state index contributed by atoms with van der Waals surface area (Å²) in [6.45, 7) is 1.79. The van der Waals surface area contributed by atoms with Gasteiger partial charge in [-0.15, -0.1) is 0 Å². The lowest BCUT2D eigenvalue weighted by molar-refractivity contribution is 0.960. The molecule has 2 aromatic carbocycles. The third kappa shape index (κ3) is 2.24. The number of aliphatic imine (C=N–C) groups is 1. The third-order valence-electron chi connectivity index (χ3n) is 2.97. The molecule has 0 aromatic heterocycles. The van der Waals surface area contributed by atoms with E-state index in [0.29, 0.717) is 0 Å². The van der Waals surface area contributed by atoms with E-state index >= 15 is 0 Å². The van der Waals surface area contributed by atoms with E-state index in [1.807, 2.05) is 24.3 Å². The maximum Gasteiger partial charge on any atom is 0.128 e. The first-order valence-electron chi connectivity index (χ1n) is 5.98. The van der Waals surface area contributed by atoms with Gasteiger partial charge in [-0.3, -0.25) is 4.99 Å². The Morgan fingerprint density at radius 3 is 2.39 bits per heavy atom. The molecule has 0 amide bonds. The highest BCUT2D eigenvalue weighted by Gasteiger charge is 2.08. The van der Waals surface area contributed by atoms with Gasteiger partial charge < -0.3 is 5.32 Å². The number of hydrogen-bond acceptors (Lipinski definition) is 2. The molecular formula is C15H13ClN2. The van der Waals surface area contributed by atoms with Gasteiger partial charge in [0.05, 0.1) is 6.54 Å². The molecule has 1 heterocycles. The molecule has 0 bridgehead atoms. The van der Waals surface area contributed by atoms with Gasteiger partial charge in [0.1, 0.15) is 5.84 Å². The van der Waals surface area contributed by atoms with E-state index in [1.54, 1.807) is 0 Å². The van der Waals surface area contributed by atoms with Crippen LogP contribution in [0.2, 0.25) is 5.02 Å². The molecule has 90 valence electrons. The number of hydrogen-bond donors (Lipinski definition) is 1. The fourth-order valence-corrected chi connectivity index (χ4v) is 2.30. The molecule has 0 atom stereocenters. The Labute approximate surface area is 111 Å². The van der Waals surface area contributed by atoms with Crippen LogP contribution in [0.25, 0.3) is 11.1 Å². The fraction of sp³-hybridized carbons (Fsp3) is 0.133. The molecule has 0 saturated carbocycles. The molecule has 1 aliphatic heterocycles. The van der Waals surface area contributed by atoms with Gasteiger partial charge in [0.2, 0.25) is 0 Å². The first-order valence-corrected chi connectivity index (χ1v) is 6.35. The molecule has 0 radical (unpaired) electrons. The number of nitrogens with one attached hydrogen (secondary N) is 1. The van der Waals surface area contributed by atoms with E-state index in [-0.39, 0.29) is 0 Å². The summed E-state index contributed by atoms with van der Waals surface area (Å²) in [7, 11) is 0. The van der Waals surface area contributed by atoms with E-state index < -0.39 is 0 Å². The smallest absolute Gasteiger partial charge is 0.128 e. The summed E-state index contributed by atoms with van der Waals surface area (Å²) in [6, 6.07) is 16.2. The summed E-state index contributed by atoms with van der Waals surface area (Å²) in [4.78, 5) is 4.44. The van der Waals surface area contributed by atoms with Gasteiger partial charge in [0.25, 0.3) is 0 Å². The molecule has 3 rings (SSSR count). The lowest BCUT2D eigenvalue weighted by Gasteiger charge is -2.06. The summed E-state index contributed by atoms with van der Waals surface area (Å²) >= 11 is 6.03. The number of halogens is 1. The van der Waals surface area contributed by atoms with Crippen molar-refractivity contribution >= 4 is 17.4 Å². The van der Waals surface area contributed by atoms with Crippen molar-refractivity contribution in [3.05, 3.63) is 59.1 Å². The number of rotatable bonds is 2. The van der Waals surface area contributed by atoms with E-state index in [2.05, 4.69) is 34.6 Å². The van der Waals surface area contributed by atoms with Crippen molar-refractivity contribution < 1.29 is 0 Å². The second kappa shape index (κ2) is 4.83. The molecule has 18 heavy (non-hydrogen) atoms. The SMILES string of the molecule is Clc1cccc(-c2cccc(C3=NCCN3)c2)c1. The molecule has 1 aliphatic rings. The van der Waals surface area contributed by atoms with Gasteiger partial charge in [-0.05, 0) is 29.3 Å². The van der Waals surface area contributed by atoms with Crippen LogP contribution in [0.4, 0.5) is 0 Å². The zero-order valence-electron chi connectivity index (χ0n) is 9.86. The Hall–Kier alpha value is -1.80. The molecular weight excluding hydrogens is 244 g/mol.